The molecule has 3 aromatic rings. The lowest BCUT2D eigenvalue weighted by molar-refractivity contribution is -0.140. The van der Waals surface area contributed by atoms with Crippen LogP contribution in [0.2, 0.25) is 0 Å². The van der Waals surface area contributed by atoms with Gasteiger partial charge in [-0.2, -0.15) is 0 Å². The molecule has 1 unspecified atom stereocenters. The zero-order valence-corrected chi connectivity index (χ0v) is 24.0. The Bertz CT molecular complexity index is 1590. The third kappa shape index (κ3) is 6.90. The number of aryl methyl sites for hydroxylation is 1. The zero-order valence-electron chi connectivity index (χ0n) is 24.0. The molecule has 0 N–H and O–H groups in total. The number of benzene rings is 3. The molecule has 6 nitrogen and oxygen atoms in total. The van der Waals surface area contributed by atoms with Crippen molar-refractivity contribution in [1.29, 1.82) is 0 Å². The summed E-state index contributed by atoms with van der Waals surface area (Å²) in [4.78, 5) is 36.2. The van der Waals surface area contributed by atoms with Crippen LogP contribution in [0.15, 0.2) is 91.1 Å². The number of hydrogen-bond acceptors (Lipinski definition) is 6. The number of ether oxygens (including phenoxy) is 3. The third-order valence-corrected chi connectivity index (χ3v) is 6.94. The molecule has 210 valence electrons. The highest BCUT2D eigenvalue weighted by Gasteiger charge is 2.24. The van der Waals surface area contributed by atoms with Gasteiger partial charge in [0.25, 0.3) is 0 Å². The van der Waals surface area contributed by atoms with E-state index in [2.05, 4.69) is 57.0 Å². The van der Waals surface area contributed by atoms with Crippen molar-refractivity contribution in [3.05, 3.63) is 108 Å². The summed E-state index contributed by atoms with van der Waals surface area (Å²) in [5, 5.41) is 0. The monoisotopic (exact) mass is 550 g/mol. The lowest BCUT2D eigenvalue weighted by atomic mass is 9.94. The molecular weight excluding hydrogens is 516 g/mol. The SMILES string of the molecule is C=C(C)C(=O)OCC1Cc2ccc(-c3ccc(-c4ccc(OC(=O)C(=C)C)c(OC(=O)C(=C)C)c4)cc3C)cc2C1. The minimum Gasteiger partial charge on any atom is -0.462 e. The molecule has 0 aromatic heterocycles. The van der Waals surface area contributed by atoms with Crippen LogP contribution in [0.4, 0.5) is 0 Å². The van der Waals surface area contributed by atoms with E-state index < -0.39 is 11.9 Å². The molecule has 0 spiro atoms. The molecule has 0 saturated heterocycles. The second-order valence-corrected chi connectivity index (χ2v) is 10.7. The second-order valence-electron chi connectivity index (χ2n) is 10.7. The van der Waals surface area contributed by atoms with E-state index in [9.17, 15) is 14.4 Å². The molecule has 1 aliphatic rings. The first kappa shape index (κ1) is 29.3. The van der Waals surface area contributed by atoms with E-state index in [0.717, 1.165) is 40.7 Å². The van der Waals surface area contributed by atoms with Crippen molar-refractivity contribution in [3.63, 3.8) is 0 Å². The molecule has 3 aromatic carbocycles. The van der Waals surface area contributed by atoms with Gasteiger partial charge >= 0.3 is 17.9 Å². The summed E-state index contributed by atoms with van der Waals surface area (Å²) in [6.07, 6.45) is 1.74. The van der Waals surface area contributed by atoms with Crippen molar-refractivity contribution >= 4 is 17.9 Å². The fourth-order valence-electron chi connectivity index (χ4n) is 4.70. The smallest absolute Gasteiger partial charge is 0.338 e. The van der Waals surface area contributed by atoms with Crippen molar-refractivity contribution < 1.29 is 28.6 Å². The van der Waals surface area contributed by atoms with Crippen LogP contribution in [0.25, 0.3) is 22.3 Å². The predicted octanol–water partition coefficient (Wildman–Crippen LogP) is 7.13. The Morgan fingerprint density at radius 2 is 1.24 bits per heavy atom. The average molecular weight is 551 g/mol. The Labute approximate surface area is 241 Å². The highest BCUT2D eigenvalue weighted by atomic mass is 16.6. The molecule has 0 saturated carbocycles. The highest BCUT2D eigenvalue weighted by molar-refractivity contribution is 5.91. The van der Waals surface area contributed by atoms with Crippen LogP contribution in [-0.4, -0.2) is 24.5 Å². The van der Waals surface area contributed by atoms with Crippen molar-refractivity contribution in [1.82, 2.24) is 0 Å². The van der Waals surface area contributed by atoms with Crippen LogP contribution in [0, 0.1) is 12.8 Å². The van der Waals surface area contributed by atoms with Gasteiger partial charge in [0.15, 0.2) is 11.5 Å². The van der Waals surface area contributed by atoms with Gasteiger partial charge in [-0.25, -0.2) is 14.4 Å². The molecule has 0 bridgehead atoms. The van der Waals surface area contributed by atoms with Gasteiger partial charge in [-0.3, -0.25) is 0 Å². The van der Waals surface area contributed by atoms with Gasteiger partial charge in [-0.05, 0) is 91.6 Å². The summed E-state index contributed by atoms with van der Waals surface area (Å²) in [7, 11) is 0. The van der Waals surface area contributed by atoms with Gasteiger partial charge in [0.05, 0.1) is 6.61 Å². The summed E-state index contributed by atoms with van der Waals surface area (Å²) < 4.78 is 16.3. The third-order valence-electron chi connectivity index (χ3n) is 6.94. The van der Waals surface area contributed by atoms with E-state index in [-0.39, 0.29) is 34.5 Å². The van der Waals surface area contributed by atoms with E-state index in [1.165, 1.54) is 11.1 Å². The normalized spacial score (nSPS) is 13.6. The fraction of sp³-hybridized carbons (Fsp3) is 0.229. The van der Waals surface area contributed by atoms with Gasteiger partial charge in [-0.1, -0.05) is 62.2 Å². The lowest BCUT2D eigenvalue weighted by Crippen LogP contribution is -2.14. The van der Waals surface area contributed by atoms with Crippen LogP contribution in [0.1, 0.15) is 37.5 Å². The van der Waals surface area contributed by atoms with Crippen molar-refractivity contribution in [2.45, 2.75) is 40.5 Å². The molecule has 1 aliphatic carbocycles. The van der Waals surface area contributed by atoms with Gasteiger partial charge in [0, 0.05) is 22.6 Å². The maximum absolute atomic E-state index is 12.3. The van der Waals surface area contributed by atoms with Crippen LogP contribution in [-0.2, 0) is 32.0 Å². The van der Waals surface area contributed by atoms with E-state index in [4.69, 9.17) is 14.2 Å². The molecule has 0 amide bonds. The van der Waals surface area contributed by atoms with Crippen LogP contribution in [0.3, 0.4) is 0 Å². The van der Waals surface area contributed by atoms with Gasteiger partial charge in [-0.15, -0.1) is 0 Å². The van der Waals surface area contributed by atoms with Crippen molar-refractivity contribution in [3.8, 4) is 33.8 Å². The molecule has 0 fully saturated rings. The number of carbonyl (C=O) groups is 3. The Balaban J connectivity index is 1.57. The minimum absolute atomic E-state index is 0.119. The van der Waals surface area contributed by atoms with E-state index in [0.29, 0.717) is 12.2 Å². The number of rotatable bonds is 9. The Hall–Kier alpha value is -4.71. The maximum atomic E-state index is 12.3. The minimum atomic E-state index is -0.617. The first-order chi connectivity index (χ1) is 19.4. The number of esters is 3. The molecule has 0 heterocycles. The number of hydrogen-bond donors (Lipinski definition) is 0. The molecule has 0 radical (unpaired) electrons. The molecule has 0 aliphatic heterocycles. The first-order valence-corrected chi connectivity index (χ1v) is 13.4. The quantitative estimate of drug-likeness (QED) is 0.160. The Morgan fingerprint density at radius 3 is 1.88 bits per heavy atom. The van der Waals surface area contributed by atoms with Crippen LogP contribution in [0.5, 0.6) is 11.5 Å². The fourth-order valence-corrected chi connectivity index (χ4v) is 4.70. The van der Waals surface area contributed by atoms with Crippen LogP contribution < -0.4 is 9.47 Å². The molecule has 6 heteroatoms. The van der Waals surface area contributed by atoms with Crippen molar-refractivity contribution in [2.75, 3.05) is 6.61 Å². The van der Waals surface area contributed by atoms with Crippen LogP contribution >= 0.6 is 0 Å². The largest absolute Gasteiger partial charge is 0.462 e. The Kier molecular flexibility index (Phi) is 8.72. The molecule has 41 heavy (non-hydrogen) atoms. The summed E-state index contributed by atoms with van der Waals surface area (Å²) in [6.45, 7) is 18.1. The summed E-state index contributed by atoms with van der Waals surface area (Å²) in [6, 6.07) is 17.7. The van der Waals surface area contributed by atoms with E-state index in [1.54, 1.807) is 32.9 Å². The second kappa shape index (κ2) is 12.2. The molecule has 1 atom stereocenters. The predicted molar refractivity (Wildman–Crippen MR) is 160 cm³/mol. The zero-order chi connectivity index (χ0) is 29.8. The lowest BCUT2D eigenvalue weighted by Gasteiger charge is -2.14. The van der Waals surface area contributed by atoms with Crippen molar-refractivity contribution in [2.24, 2.45) is 5.92 Å². The van der Waals surface area contributed by atoms with E-state index >= 15 is 0 Å². The number of carbonyl (C=O) groups excluding carboxylic acids is 3. The molecule has 4 rings (SSSR count). The number of fused-ring (bicyclic) bond motifs is 1. The first-order valence-electron chi connectivity index (χ1n) is 13.4. The van der Waals surface area contributed by atoms with Gasteiger partial charge in [0.2, 0.25) is 0 Å². The highest BCUT2D eigenvalue weighted by Crippen LogP contribution is 2.37. The summed E-state index contributed by atoms with van der Waals surface area (Å²) >= 11 is 0. The van der Waals surface area contributed by atoms with E-state index in [1.807, 2.05) is 12.1 Å². The summed E-state index contributed by atoms with van der Waals surface area (Å²) in [5.74, 6) is -1.07. The average Bonchev–Trinajstić information content (AvgIpc) is 3.34. The standard InChI is InChI=1S/C35H34O6/c1-20(2)33(36)39-19-24-15-26-8-9-28(17-29(26)16-24)30-12-10-25(14-23(30)7)27-11-13-31(40-34(37)21(3)4)32(18-27)41-35(38)22(5)6/h8-14,17-18,24H,1,3,5,15-16,19H2,2,4,6-7H3. The Morgan fingerprint density at radius 1 is 0.683 bits per heavy atom. The topological polar surface area (TPSA) is 78.9 Å². The molecular formula is C35H34O6. The summed E-state index contributed by atoms with van der Waals surface area (Å²) in [5.41, 5.74) is 8.42. The maximum Gasteiger partial charge on any atom is 0.338 e. The van der Waals surface area contributed by atoms with Gasteiger partial charge < -0.3 is 14.2 Å². The van der Waals surface area contributed by atoms with Gasteiger partial charge in [0.1, 0.15) is 0 Å².